The minimum Gasteiger partial charge on any atom is -0.317 e. The number of nitrogens with zero attached hydrogens (tertiary/aromatic N) is 3. The van der Waals surface area contributed by atoms with Crippen molar-refractivity contribution in [2.45, 2.75) is 6.18 Å². The van der Waals surface area contributed by atoms with Gasteiger partial charge in [0.15, 0.2) is 22.9 Å². The number of hydrogen-bond donors (Lipinski definition) is 1. The lowest BCUT2D eigenvalue weighted by atomic mass is 10.1. The van der Waals surface area contributed by atoms with Crippen LogP contribution in [0.15, 0.2) is 53.0 Å². The summed E-state index contributed by atoms with van der Waals surface area (Å²) in [5, 5.41) is 5.79. The van der Waals surface area contributed by atoms with E-state index in [1.807, 2.05) is 0 Å². The molecule has 12 heteroatoms. The Bertz CT molecular complexity index is 1330. The minimum atomic E-state index is -4.86. The number of hydrogen-bond acceptors (Lipinski definition) is 3. The number of nitrogens with one attached hydrogen (secondary N) is 1. The molecule has 4 rings (SSSR count). The second kappa shape index (κ2) is 7.93. The van der Waals surface area contributed by atoms with Gasteiger partial charge in [-0.3, -0.25) is 4.79 Å². The summed E-state index contributed by atoms with van der Waals surface area (Å²) in [7, 11) is 0. The molecular weight excluding hydrogens is 506 g/mol. The maximum Gasteiger partial charge on any atom is 0.433 e. The molecule has 0 aliphatic rings. The Morgan fingerprint density at radius 1 is 0.969 bits per heavy atom. The van der Waals surface area contributed by atoms with Gasteiger partial charge in [-0.25, -0.2) is 22.7 Å². The first-order valence-corrected chi connectivity index (χ1v) is 9.52. The van der Waals surface area contributed by atoms with E-state index in [9.17, 15) is 31.1 Å². The van der Waals surface area contributed by atoms with Crippen LogP contribution in [0.5, 0.6) is 0 Å². The Hall–Kier alpha value is -3.41. The topological polar surface area (TPSA) is 59.3 Å². The summed E-state index contributed by atoms with van der Waals surface area (Å²) in [6, 6.07) is 7.78. The monoisotopic (exact) mass is 514 g/mol. The number of anilines is 1. The van der Waals surface area contributed by atoms with Gasteiger partial charge in [0, 0.05) is 22.2 Å². The molecule has 1 N–H and O–H groups in total. The Morgan fingerprint density at radius 2 is 1.66 bits per heavy atom. The van der Waals surface area contributed by atoms with Gasteiger partial charge in [0.25, 0.3) is 5.91 Å². The summed E-state index contributed by atoms with van der Waals surface area (Å²) in [6.07, 6.45) is -4.86. The van der Waals surface area contributed by atoms with Crippen molar-refractivity contribution in [1.29, 1.82) is 0 Å². The van der Waals surface area contributed by atoms with Gasteiger partial charge in [-0.2, -0.15) is 18.3 Å². The van der Waals surface area contributed by atoms with E-state index >= 15 is 0 Å². The maximum absolute atomic E-state index is 14.0. The van der Waals surface area contributed by atoms with Gasteiger partial charge in [0.05, 0.1) is 11.4 Å². The average Bonchev–Trinajstić information content (AvgIpc) is 3.13. The van der Waals surface area contributed by atoms with E-state index < -0.39 is 46.6 Å². The molecule has 0 spiro atoms. The van der Waals surface area contributed by atoms with Crippen molar-refractivity contribution in [3.8, 4) is 11.3 Å². The number of halogens is 7. The third kappa shape index (κ3) is 4.17. The van der Waals surface area contributed by atoms with Gasteiger partial charge in [-0.15, -0.1) is 0 Å². The number of benzene rings is 2. The normalized spacial score (nSPS) is 11.7. The predicted molar refractivity (Wildman–Crippen MR) is 105 cm³/mol. The van der Waals surface area contributed by atoms with Crippen LogP contribution >= 0.6 is 15.9 Å². The first kappa shape index (κ1) is 21.8. The van der Waals surface area contributed by atoms with Crippen LogP contribution in [-0.2, 0) is 6.18 Å². The van der Waals surface area contributed by atoms with E-state index in [0.717, 1.165) is 24.3 Å². The molecule has 0 saturated carbocycles. The summed E-state index contributed by atoms with van der Waals surface area (Å²) >= 11 is 2.90. The van der Waals surface area contributed by atoms with Crippen LogP contribution in [-0.4, -0.2) is 20.5 Å². The summed E-state index contributed by atoms with van der Waals surface area (Å²) in [5.41, 5.74) is -2.36. The average molecular weight is 515 g/mol. The highest BCUT2D eigenvalue weighted by molar-refractivity contribution is 9.10. The van der Waals surface area contributed by atoms with Crippen molar-refractivity contribution in [2.75, 3.05) is 5.32 Å². The first-order chi connectivity index (χ1) is 15.0. The molecule has 5 nitrogen and oxygen atoms in total. The molecule has 0 radical (unpaired) electrons. The van der Waals surface area contributed by atoms with Crippen LogP contribution < -0.4 is 5.32 Å². The Labute approximate surface area is 183 Å². The molecule has 164 valence electrons. The summed E-state index contributed by atoms with van der Waals surface area (Å²) in [5.74, 6) is -3.61. The Morgan fingerprint density at radius 3 is 2.28 bits per heavy atom. The largest absolute Gasteiger partial charge is 0.433 e. The van der Waals surface area contributed by atoms with Gasteiger partial charge >= 0.3 is 6.18 Å². The van der Waals surface area contributed by atoms with Gasteiger partial charge in [-0.1, -0.05) is 0 Å². The van der Waals surface area contributed by atoms with Crippen molar-refractivity contribution in [3.63, 3.8) is 0 Å². The number of alkyl halides is 3. The number of amides is 1. The lowest BCUT2D eigenvalue weighted by Crippen LogP contribution is -2.16. The third-order valence-corrected chi connectivity index (χ3v) is 4.96. The molecule has 0 unspecified atom stereocenters. The molecule has 2 aromatic carbocycles. The van der Waals surface area contributed by atoms with Crippen LogP contribution in [0.1, 0.15) is 16.2 Å². The lowest BCUT2D eigenvalue weighted by Gasteiger charge is -2.11. The third-order valence-electron chi connectivity index (χ3n) is 4.34. The molecule has 0 bridgehead atoms. The Kier molecular flexibility index (Phi) is 5.41. The van der Waals surface area contributed by atoms with Gasteiger partial charge in [0.1, 0.15) is 11.6 Å². The predicted octanol–water partition coefficient (Wildman–Crippen LogP) is 5.85. The molecule has 0 saturated heterocycles. The lowest BCUT2D eigenvalue weighted by molar-refractivity contribution is -0.142. The summed E-state index contributed by atoms with van der Waals surface area (Å²) in [6.45, 7) is 0. The second-order valence-electron chi connectivity index (χ2n) is 6.53. The molecule has 0 aliphatic carbocycles. The SMILES string of the molecule is O=C(Nc1c(F)cc(F)cc1Br)c1cc2nc(-c3ccc(F)cc3)cc(C(F)(F)F)n2n1. The molecule has 2 heterocycles. The standard InChI is InChI=1S/C20H9BrF6N4O/c21-12-5-11(23)6-13(24)18(12)29-19(32)15-8-17-28-14(9-1-3-10(22)4-2-9)7-16(20(25,26)27)31(17)30-15/h1-8H,(H,29,32). The Balaban J connectivity index is 1.79. The molecule has 0 fully saturated rings. The van der Waals surface area contributed by atoms with Crippen molar-refractivity contribution in [1.82, 2.24) is 14.6 Å². The smallest absolute Gasteiger partial charge is 0.317 e. The molecule has 2 aromatic heterocycles. The zero-order valence-electron chi connectivity index (χ0n) is 15.5. The number of fused-ring (bicyclic) bond motifs is 1. The highest BCUT2D eigenvalue weighted by Gasteiger charge is 2.35. The highest BCUT2D eigenvalue weighted by atomic mass is 79.9. The van der Waals surface area contributed by atoms with E-state index in [0.29, 0.717) is 16.6 Å². The molecule has 0 atom stereocenters. The van der Waals surface area contributed by atoms with Crippen molar-refractivity contribution >= 4 is 33.2 Å². The van der Waals surface area contributed by atoms with E-state index in [1.165, 1.54) is 12.1 Å². The van der Waals surface area contributed by atoms with Crippen LogP contribution in [0.25, 0.3) is 16.9 Å². The fourth-order valence-electron chi connectivity index (χ4n) is 2.90. The summed E-state index contributed by atoms with van der Waals surface area (Å²) in [4.78, 5) is 16.6. The molecule has 4 aromatic rings. The summed E-state index contributed by atoms with van der Waals surface area (Å²) < 4.78 is 81.6. The van der Waals surface area contributed by atoms with Crippen LogP contribution in [0.4, 0.5) is 32.0 Å². The zero-order chi connectivity index (χ0) is 23.2. The van der Waals surface area contributed by atoms with Crippen molar-refractivity contribution in [3.05, 3.63) is 81.8 Å². The van der Waals surface area contributed by atoms with E-state index in [-0.39, 0.29) is 21.4 Å². The molecular formula is C20H9BrF6N4O. The maximum atomic E-state index is 14.0. The zero-order valence-corrected chi connectivity index (χ0v) is 17.1. The van der Waals surface area contributed by atoms with E-state index in [2.05, 4.69) is 31.3 Å². The van der Waals surface area contributed by atoms with Gasteiger partial charge in [-0.05, 0) is 52.3 Å². The highest BCUT2D eigenvalue weighted by Crippen LogP contribution is 2.33. The second-order valence-corrected chi connectivity index (χ2v) is 7.38. The number of rotatable bonds is 3. The van der Waals surface area contributed by atoms with Crippen LogP contribution in [0, 0.1) is 17.5 Å². The first-order valence-electron chi connectivity index (χ1n) is 8.73. The van der Waals surface area contributed by atoms with Gasteiger partial charge in [0.2, 0.25) is 0 Å². The molecule has 1 amide bonds. The number of aromatic nitrogens is 3. The van der Waals surface area contributed by atoms with Gasteiger partial charge < -0.3 is 5.32 Å². The number of carbonyl (C=O) groups excluding carboxylic acids is 1. The fraction of sp³-hybridized carbons (Fsp3) is 0.0500. The number of carbonyl (C=O) groups is 1. The van der Waals surface area contributed by atoms with Crippen molar-refractivity contribution in [2.24, 2.45) is 0 Å². The van der Waals surface area contributed by atoms with Crippen LogP contribution in [0.3, 0.4) is 0 Å². The minimum absolute atomic E-state index is 0.111. The fourth-order valence-corrected chi connectivity index (χ4v) is 3.40. The molecule has 32 heavy (non-hydrogen) atoms. The van der Waals surface area contributed by atoms with E-state index in [1.54, 1.807) is 0 Å². The van der Waals surface area contributed by atoms with Crippen molar-refractivity contribution < 1.29 is 31.1 Å². The van der Waals surface area contributed by atoms with Crippen LogP contribution in [0.2, 0.25) is 0 Å². The molecule has 0 aliphatic heterocycles. The quantitative estimate of drug-likeness (QED) is 0.349. The van der Waals surface area contributed by atoms with E-state index in [4.69, 9.17) is 0 Å².